The van der Waals surface area contributed by atoms with Crippen molar-refractivity contribution in [3.8, 4) is 23.0 Å². The van der Waals surface area contributed by atoms with Crippen LogP contribution in [0.15, 0.2) is 92.0 Å². The van der Waals surface area contributed by atoms with Gasteiger partial charge in [-0.1, -0.05) is 51.7 Å². The molecule has 0 amide bonds. The van der Waals surface area contributed by atoms with Crippen LogP contribution in [0.3, 0.4) is 0 Å². The number of carbonyl (C=O) groups is 5. The van der Waals surface area contributed by atoms with Crippen LogP contribution < -0.4 is 18.9 Å². The largest absolute Gasteiger partial charge is 0.494 e. The summed E-state index contributed by atoms with van der Waals surface area (Å²) in [5.74, 6) is -2.77. The first-order chi connectivity index (χ1) is 25.7. The Morgan fingerprint density at radius 3 is 1.34 bits per heavy atom. The minimum Gasteiger partial charge on any atom is -0.494 e. The molecule has 0 atom stereocenters. The van der Waals surface area contributed by atoms with Gasteiger partial charge < -0.3 is 33.5 Å². The zero-order valence-electron chi connectivity index (χ0n) is 29.8. The average molecular weight is 731 g/mol. The number of carboxylic acids is 1. The standard InChI is InChI=1S/C41H46O12/c1-3-37(42)50-27-13-9-5-7-11-25-48-32-19-15-30(16-20-32)40(46)52-34-23-24-36(35(29-34)39(44)45)53-41(47)31-17-21-33(22-18-31)49-26-12-8-6-10-14-28-51-38(43)4-2/h3-4,15-24,29H,1-2,5-14,25-28H2,(H,44,45). The molecule has 0 saturated carbocycles. The molecule has 0 aliphatic carbocycles. The fraction of sp³-hybridized carbons (Fsp3) is 0.341. The van der Waals surface area contributed by atoms with E-state index in [2.05, 4.69) is 13.2 Å². The Morgan fingerprint density at radius 2 is 0.906 bits per heavy atom. The van der Waals surface area contributed by atoms with Gasteiger partial charge in [0.2, 0.25) is 0 Å². The third-order valence-electron chi connectivity index (χ3n) is 7.71. The predicted octanol–water partition coefficient (Wildman–Crippen LogP) is 7.94. The van der Waals surface area contributed by atoms with Gasteiger partial charge in [0, 0.05) is 12.2 Å². The van der Waals surface area contributed by atoms with Crippen LogP contribution in [0, 0.1) is 0 Å². The molecule has 3 rings (SSSR count). The lowest BCUT2D eigenvalue weighted by molar-refractivity contribution is -0.138. The fourth-order valence-electron chi connectivity index (χ4n) is 4.84. The molecular formula is C41H46O12. The van der Waals surface area contributed by atoms with Crippen molar-refractivity contribution in [2.75, 3.05) is 26.4 Å². The van der Waals surface area contributed by atoms with Gasteiger partial charge in [-0.2, -0.15) is 0 Å². The number of unbranched alkanes of at least 4 members (excludes halogenated alkanes) is 8. The van der Waals surface area contributed by atoms with Crippen LogP contribution in [-0.2, 0) is 19.1 Å². The van der Waals surface area contributed by atoms with E-state index in [1.165, 1.54) is 24.3 Å². The zero-order valence-corrected chi connectivity index (χ0v) is 29.8. The third-order valence-corrected chi connectivity index (χ3v) is 7.71. The molecule has 0 aliphatic heterocycles. The summed E-state index contributed by atoms with van der Waals surface area (Å²) in [4.78, 5) is 59.6. The topological polar surface area (TPSA) is 161 Å². The summed E-state index contributed by atoms with van der Waals surface area (Å²) in [5, 5.41) is 9.77. The van der Waals surface area contributed by atoms with Crippen molar-refractivity contribution in [2.45, 2.75) is 64.2 Å². The number of rotatable bonds is 25. The SMILES string of the molecule is C=CC(=O)OCCCCCCCOc1ccc(C(=O)Oc2ccc(OC(=O)c3ccc(OCCCCCCCOC(=O)C=C)cc3)c(C(=O)O)c2)cc1. The number of hydrogen-bond acceptors (Lipinski definition) is 11. The lowest BCUT2D eigenvalue weighted by Gasteiger charge is -2.11. The number of ether oxygens (including phenoxy) is 6. The van der Waals surface area contributed by atoms with Gasteiger partial charge in [-0.05, 0) is 92.4 Å². The number of esters is 4. The van der Waals surface area contributed by atoms with Crippen molar-refractivity contribution < 1.29 is 57.5 Å². The first-order valence-corrected chi connectivity index (χ1v) is 17.6. The normalized spacial score (nSPS) is 10.4. The molecule has 3 aromatic carbocycles. The lowest BCUT2D eigenvalue weighted by Crippen LogP contribution is -2.13. The molecule has 0 aromatic heterocycles. The van der Waals surface area contributed by atoms with Gasteiger partial charge >= 0.3 is 29.8 Å². The molecule has 0 fully saturated rings. The van der Waals surface area contributed by atoms with E-state index < -0.39 is 29.8 Å². The molecule has 12 heteroatoms. The highest BCUT2D eigenvalue weighted by Gasteiger charge is 2.19. The molecule has 3 aromatic rings. The van der Waals surface area contributed by atoms with Crippen molar-refractivity contribution in [3.63, 3.8) is 0 Å². The van der Waals surface area contributed by atoms with Crippen molar-refractivity contribution >= 4 is 29.8 Å². The smallest absolute Gasteiger partial charge is 0.343 e. The Balaban J connectivity index is 1.39. The zero-order chi connectivity index (χ0) is 38.3. The Kier molecular flexibility index (Phi) is 18.4. The molecule has 0 bridgehead atoms. The van der Waals surface area contributed by atoms with Crippen LogP contribution in [0.25, 0.3) is 0 Å². The molecular weight excluding hydrogens is 684 g/mol. The highest BCUT2D eigenvalue weighted by Crippen LogP contribution is 2.27. The van der Waals surface area contributed by atoms with E-state index in [0.29, 0.717) is 37.9 Å². The molecule has 0 aliphatic rings. The quantitative estimate of drug-likeness (QED) is 0.0388. The molecule has 0 spiro atoms. The van der Waals surface area contributed by atoms with E-state index in [-0.39, 0.29) is 28.2 Å². The van der Waals surface area contributed by atoms with E-state index in [1.54, 1.807) is 36.4 Å². The Hall–Kier alpha value is -5.91. The average Bonchev–Trinajstić information content (AvgIpc) is 3.17. The summed E-state index contributed by atoms with van der Waals surface area (Å²) in [6.45, 7) is 8.48. The Morgan fingerprint density at radius 1 is 0.509 bits per heavy atom. The van der Waals surface area contributed by atoms with Crippen LogP contribution in [0.4, 0.5) is 0 Å². The maximum Gasteiger partial charge on any atom is 0.343 e. The lowest BCUT2D eigenvalue weighted by atomic mass is 10.1. The van der Waals surface area contributed by atoms with Crippen LogP contribution in [0.2, 0.25) is 0 Å². The van der Waals surface area contributed by atoms with E-state index in [9.17, 15) is 29.1 Å². The van der Waals surface area contributed by atoms with E-state index >= 15 is 0 Å². The van der Waals surface area contributed by atoms with Gasteiger partial charge in [0.05, 0.1) is 37.6 Å². The summed E-state index contributed by atoms with van der Waals surface area (Å²) >= 11 is 0. The van der Waals surface area contributed by atoms with Gasteiger partial charge in [0.25, 0.3) is 0 Å². The highest BCUT2D eigenvalue weighted by atomic mass is 16.5. The monoisotopic (exact) mass is 730 g/mol. The first kappa shape index (κ1) is 41.5. The molecule has 12 nitrogen and oxygen atoms in total. The maximum absolute atomic E-state index is 12.8. The van der Waals surface area contributed by atoms with E-state index in [4.69, 9.17) is 28.4 Å². The first-order valence-electron chi connectivity index (χ1n) is 17.6. The second-order valence-electron chi connectivity index (χ2n) is 11.8. The van der Waals surface area contributed by atoms with Crippen molar-refractivity contribution in [1.82, 2.24) is 0 Å². The van der Waals surface area contributed by atoms with Gasteiger partial charge in [0.15, 0.2) is 0 Å². The summed E-state index contributed by atoms with van der Waals surface area (Å²) in [6, 6.07) is 16.4. The van der Waals surface area contributed by atoms with Gasteiger partial charge in [-0.3, -0.25) is 0 Å². The molecule has 1 N–H and O–H groups in total. The van der Waals surface area contributed by atoms with Gasteiger partial charge in [-0.15, -0.1) is 0 Å². The van der Waals surface area contributed by atoms with E-state index in [0.717, 1.165) is 82.4 Å². The summed E-state index contributed by atoms with van der Waals surface area (Å²) in [7, 11) is 0. The van der Waals surface area contributed by atoms with Crippen LogP contribution in [0.5, 0.6) is 23.0 Å². The maximum atomic E-state index is 12.8. The van der Waals surface area contributed by atoms with Crippen LogP contribution >= 0.6 is 0 Å². The number of aromatic carboxylic acids is 1. The summed E-state index contributed by atoms with van der Waals surface area (Å²) in [5.41, 5.74) is 0.0609. The molecule has 53 heavy (non-hydrogen) atoms. The minimum atomic E-state index is -1.37. The molecule has 282 valence electrons. The number of carbonyl (C=O) groups excluding carboxylic acids is 4. The van der Waals surface area contributed by atoms with Gasteiger partial charge in [-0.25, -0.2) is 24.0 Å². The fourth-order valence-corrected chi connectivity index (χ4v) is 4.84. The number of hydrogen-bond donors (Lipinski definition) is 1. The Bertz CT molecular complexity index is 1660. The van der Waals surface area contributed by atoms with Crippen molar-refractivity contribution in [2.24, 2.45) is 0 Å². The summed E-state index contributed by atoms with van der Waals surface area (Å²) < 4.78 is 32.1. The van der Waals surface area contributed by atoms with Crippen LogP contribution in [0.1, 0.15) is 95.3 Å². The Labute approximate surface area is 309 Å². The summed E-state index contributed by atoms with van der Waals surface area (Å²) in [6.07, 6.45) is 11.3. The third kappa shape index (κ3) is 15.9. The second-order valence-corrected chi connectivity index (χ2v) is 11.8. The molecule has 0 radical (unpaired) electrons. The predicted molar refractivity (Wildman–Crippen MR) is 196 cm³/mol. The second kappa shape index (κ2) is 23.5. The molecule has 0 heterocycles. The number of benzene rings is 3. The van der Waals surface area contributed by atoms with Crippen molar-refractivity contribution in [1.29, 1.82) is 0 Å². The minimum absolute atomic E-state index is 0.0399. The number of carboxylic acid groups (broad SMARTS) is 1. The molecule has 0 saturated heterocycles. The highest BCUT2D eigenvalue weighted by molar-refractivity contribution is 5.96. The van der Waals surface area contributed by atoms with Crippen molar-refractivity contribution in [3.05, 3.63) is 109 Å². The molecule has 0 unspecified atom stereocenters. The van der Waals surface area contributed by atoms with Crippen LogP contribution in [-0.4, -0.2) is 61.4 Å². The van der Waals surface area contributed by atoms with E-state index in [1.807, 2.05) is 0 Å². The van der Waals surface area contributed by atoms with Gasteiger partial charge in [0.1, 0.15) is 28.6 Å².